The summed E-state index contributed by atoms with van der Waals surface area (Å²) in [6.45, 7) is 2.88. The summed E-state index contributed by atoms with van der Waals surface area (Å²) in [6, 6.07) is 9.85. The molecule has 180 valence electrons. The number of halogens is 1. The van der Waals surface area contributed by atoms with Gasteiger partial charge in [-0.05, 0) is 81.2 Å². The second kappa shape index (κ2) is 9.80. The van der Waals surface area contributed by atoms with Gasteiger partial charge in [0.2, 0.25) is 5.91 Å². The summed E-state index contributed by atoms with van der Waals surface area (Å²) in [5.74, 6) is -2.46. The smallest absolute Gasteiger partial charge is 0.337 e. The number of benzene rings is 2. The van der Waals surface area contributed by atoms with Crippen molar-refractivity contribution in [2.24, 2.45) is 5.73 Å². The van der Waals surface area contributed by atoms with Crippen LogP contribution in [0.5, 0.6) is 0 Å². The lowest BCUT2D eigenvalue weighted by molar-refractivity contribution is -0.132. The molecule has 0 aliphatic carbocycles. The highest BCUT2D eigenvalue weighted by atomic mass is 19.1. The van der Waals surface area contributed by atoms with Crippen LogP contribution >= 0.6 is 0 Å². The molecular weight excluding hydrogens is 439 g/mol. The summed E-state index contributed by atoms with van der Waals surface area (Å²) in [7, 11) is 0. The Morgan fingerprint density at radius 1 is 0.941 bits per heavy atom. The van der Waals surface area contributed by atoms with Crippen molar-refractivity contribution in [2.45, 2.75) is 37.6 Å². The van der Waals surface area contributed by atoms with Crippen molar-refractivity contribution in [1.82, 2.24) is 4.90 Å². The minimum atomic E-state index is -1.17. The molecule has 2 saturated heterocycles. The van der Waals surface area contributed by atoms with Crippen LogP contribution in [0.4, 0.5) is 15.8 Å². The topological polar surface area (TPSA) is 116 Å². The van der Waals surface area contributed by atoms with Gasteiger partial charge in [0.05, 0.1) is 11.3 Å². The van der Waals surface area contributed by atoms with Crippen LogP contribution in [0.2, 0.25) is 0 Å². The number of piperidine rings is 2. The van der Waals surface area contributed by atoms with Gasteiger partial charge in [0.25, 0.3) is 5.91 Å². The monoisotopic (exact) mass is 468 g/mol. The lowest BCUT2D eigenvalue weighted by atomic mass is 9.83. The number of carbonyl (C=O) groups is 3. The van der Waals surface area contributed by atoms with Gasteiger partial charge in [-0.3, -0.25) is 14.5 Å². The number of nitrogens with one attached hydrogen (secondary N) is 1. The zero-order chi connectivity index (χ0) is 24.3. The molecule has 2 amide bonds. The first-order chi connectivity index (χ1) is 16.3. The largest absolute Gasteiger partial charge is 0.478 e. The van der Waals surface area contributed by atoms with Crippen molar-refractivity contribution in [3.05, 3.63) is 59.4 Å². The van der Waals surface area contributed by atoms with Gasteiger partial charge >= 0.3 is 5.97 Å². The third kappa shape index (κ3) is 4.75. The van der Waals surface area contributed by atoms with Gasteiger partial charge in [-0.25, -0.2) is 9.18 Å². The van der Waals surface area contributed by atoms with E-state index >= 15 is 0 Å². The fourth-order valence-corrected chi connectivity index (χ4v) is 4.99. The highest BCUT2D eigenvalue weighted by Crippen LogP contribution is 2.34. The number of hydrogen-bond donors (Lipinski definition) is 3. The van der Waals surface area contributed by atoms with Crippen LogP contribution in [0.25, 0.3) is 0 Å². The molecule has 2 aromatic rings. The molecule has 0 radical (unpaired) electrons. The maximum absolute atomic E-state index is 13.1. The maximum Gasteiger partial charge on any atom is 0.337 e. The van der Waals surface area contributed by atoms with Crippen LogP contribution in [0.3, 0.4) is 0 Å². The van der Waals surface area contributed by atoms with E-state index < -0.39 is 23.2 Å². The fraction of sp³-hybridized carbons (Fsp3) is 0.400. The first-order valence-corrected chi connectivity index (χ1v) is 11.5. The fourth-order valence-electron chi connectivity index (χ4n) is 4.99. The molecule has 0 unspecified atom stereocenters. The van der Waals surface area contributed by atoms with Crippen molar-refractivity contribution in [3.8, 4) is 0 Å². The molecule has 0 bridgehead atoms. The van der Waals surface area contributed by atoms with E-state index in [9.17, 15) is 23.9 Å². The number of nitrogens with two attached hydrogens (primary N) is 1. The van der Waals surface area contributed by atoms with E-state index in [1.807, 2.05) is 4.90 Å². The third-order valence-corrected chi connectivity index (χ3v) is 6.96. The van der Waals surface area contributed by atoms with Gasteiger partial charge in [-0.1, -0.05) is 6.42 Å². The van der Waals surface area contributed by atoms with Crippen LogP contribution < -0.4 is 16.0 Å². The number of nitrogens with zero attached hydrogens (tertiary/aromatic N) is 2. The van der Waals surface area contributed by atoms with Crippen molar-refractivity contribution < 1.29 is 23.9 Å². The second-order valence-corrected chi connectivity index (χ2v) is 8.93. The van der Waals surface area contributed by atoms with Crippen molar-refractivity contribution in [1.29, 1.82) is 0 Å². The number of carboxylic acids is 1. The van der Waals surface area contributed by atoms with E-state index in [2.05, 4.69) is 10.2 Å². The standard InChI is InChI=1S/C25H29FN4O4/c26-18-6-4-17(5-7-18)22(31)28-21-9-8-19(16-20(21)23(32)33)29-14-10-25(11-15-29,24(27)34)30-12-2-1-3-13-30/h4-9,16H,1-3,10-15H2,(H2,27,34)(H,28,31)(H,32,33). The predicted octanol–water partition coefficient (Wildman–Crippen LogP) is 3.09. The number of hydrogen-bond acceptors (Lipinski definition) is 5. The van der Waals surface area contributed by atoms with Gasteiger partial charge in [-0.15, -0.1) is 0 Å². The van der Waals surface area contributed by atoms with E-state index in [4.69, 9.17) is 5.73 Å². The highest BCUT2D eigenvalue weighted by Gasteiger charge is 2.45. The average Bonchev–Trinajstić information content (AvgIpc) is 2.85. The molecule has 34 heavy (non-hydrogen) atoms. The summed E-state index contributed by atoms with van der Waals surface area (Å²) in [5.41, 5.74) is 6.24. The molecule has 2 fully saturated rings. The first-order valence-electron chi connectivity index (χ1n) is 11.5. The Hall–Kier alpha value is -3.46. The molecule has 2 aliphatic heterocycles. The summed E-state index contributed by atoms with van der Waals surface area (Å²) < 4.78 is 13.1. The summed E-state index contributed by atoms with van der Waals surface area (Å²) in [4.78, 5) is 41.2. The second-order valence-electron chi connectivity index (χ2n) is 8.93. The minimum absolute atomic E-state index is 0.0456. The summed E-state index contributed by atoms with van der Waals surface area (Å²) >= 11 is 0. The van der Waals surface area contributed by atoms with Gasteiger partial charge < -0.3 is 21.1 Å². The van der Waals surface area contributed by atoms with Crippen LogP contribution in [0.1, 0.15) is 52.8 Å². The number of aromatic carboxylic acids is 1. The lowest BCUT2D eigenvalue weighted by Crippen LogP contribution is -2.63. The molecular formula is C25H29FN4O4. The Bertz CT molecular complexity index is 1070. The molecule has 0 atom stereocenters. The number of carbonyl (C=O) groups excluding carboxylic acids is 2. The summed E-state index contributed by atoms with van der Waals surface area (Å²) in [6.07, 6.45) is 4.44. The molecule has 0 saturated carbocycles. The Labute approximate surface area is 197 Å². The predicted molar refractivity (Wildman–Crippen MR) is 127 cm³/mol. The van der Waals surface area contributed by atoms with Crippen LogP contribution in [0, 0.1) is 5.82 Å². The average molecular weight is 469 g/mol. The van der Waals surface area contributed by atoms with Gasteiger partial charge in [0.15, 0.2) is 0 Å². The lowest BCUT2D eigenvalue weighted by Gasteiger charge is -2.48. The number of primary amides is 1. The SMILES string of the molecule is NC(=O)C1(N2CCCCC2)CCN(c2ccc(NC(=O)c3ccc(F)cc3)c(C(=O)O)c2)CC1. The molecule has 0 spiro atoms. The molecule has 9 heteroatoms. The normalized spacial score (nSPS) is 18.3. The number of likely N-dealkylation sites (tertiary alicyclic amines) is 1. The van der Waals surface area contributed by atoms with E-state index in [0.717, 1.165) is 25.9 Å². The van der Waals surface area contributed by atoms with E-state index in [-0.39, 0.29) is 22.7 Å². The Kier molecular flexibility index (Phi) is 6.83. The maximum atomic E-state index is 13.1. The van der Waals surface area contributed by atoms with Gasteiger partial charge in [-0.2, -0.15) is 0 Å². The quantitative estimate of drug-likeness (QED) is 0.600. The number of anilines is 2. The highest BCUT2D eigenvalue weighted by molar-refractivity contribution is 6.08. The van der Waals surface area contributed by atoms with Crippen molar-refractivity contribution in [3.63, 3.8) is 0 Å². The first kappa shape index (κ1) is 23.7. The Morgan fingerprint density at radius 3 is 2.18 bits per heavy atom. The van der Waals surface area contributed by atoms with Gasteiger partial charge in [0.1, 0.15) is 11.4 Å². The summed E-state index contributed by atoms with van der Waals surface area (Å²) in [5, 5.41) is 12.3. The van der Waals surface area contributed by atoms with Crippen LogP contribution in [-0.2, 0) is 4.79 Å². The molecule has 4 N–H and O–H groups in total. The molecule has 2 aliphatic rings. The Morgan fingerprint density at radius 2 is 1.59 bits per heavy atom. The van der Waals surface area contributed by atoms with Crippen molar-refractivity contribution >= 4 is 29.2 Å². The zero-order valence-corrected chi connectivity index (χ0v) is 18.9. The Balaban J connectivity index is 1.50. The third-order valence-electron chi connectivity index (χ3n) is 6.96. The van der Waals surface area contributed by atoms with Gasteiger partial charge in [0, 0.05) is 24.3 Å². The molecule has 4 rings (SSSR count). The molecule has 2 heterocycles. The zero-order valence-electron chi connectivity index (χ0n) is 18.9. The molecule has 8 nitrogen and oxygen atoms in total. The van der Waals surface area contributed by atoms with E-state index in [0.29, 0.717) is 31.6 Å². The van der Waals surface area contributed by atoms with Crippen LogP contribution in [-0.4, -0.2) is 59.5 Å². The number of carboxylic acid groups (broad SMARTS) is 1. The van der Waals surface area contributed by atoms with Crippen molar-refractivity contribution in [2.75, 3.05) is 36.4 Å². The van der Waals surface area contributed by atoms with Crippen LogP contribution in [0.15, 0.2) is 42.5 Å². The number of amides is 2. The molecule has 0 aromatic heterocycles. The van der Waals surface area contributed by atoms with E-state index in [1.165, 1.54) is 36.8 Å². The minimum Gasteiger partial charge on any atom is -0.478 e. The van der Waals surface area contributed by atoms with E-state index in [1.54, 1.807) is 12.1 Å². The number of rotatable bonds is 6. The molecule has 2 aromatic carbocycles.